The van der Waals surface area contributed by atoms with Crippen molar-refractivity contribution in [3.8, 4) is 11.8 Å². The van der Waals surface area contributed by atoms with Crippen molar-refractivity contribution in [1.29, 1.82) is 0 Å². The average molecular weight is 350 g/mol. The summed E-state index contributed by atoms with van der Waals surface area (Å²) in [6.45, 7) is 1.86. The van der Waals surface area contributed by atoms with E-state index < -0.39 is 6.04 Å². The highest BCUT2D eigenvalue weighted by Crippen LogP contribution is 2.04. The van der Waals surface area contributed by atoms with Crippen molar-refractivity contribution in [3.05, 3.63) is 71.3 Å². The lowest BCUT2D eigenvalue weighted by Gasteiger charge is -2.16. The number of methoxy groups -OCH3 is 1. The summed E-state index contributed by atoms with van der Waals surface area (Å²) in [5.74, 6) is 5.66. The monoisotopic (exact) mass is 350 g/mol. The van der Waals surface area contributed by atoms with E-state index >= 15 is 0 Å². The zero-order chi connectivity index (χ0) is 18.8. The van der Waals surface area contributed by atoms with E-state index in [-0.39, 0.29) is 18.4 Å². The molecule has 5 nitrogen and oxygen atoms in total. The summed E-state index contributed by atoms with van der Waals surface area (Å²) in [6, 6.07) is 16.7. The van der Waals surface area contributed by atoms with Gasteiger partial charge in [-0.3, -0.25) is 9.59 Å². The van der Waals surface area contributed by atoms with Crippen LogP contribution in [0.5, 0.6) is 0 Å². The van der Waals surface area contributed by atoms with Crippen LogP contribution in [-0.4, -0.2) is 31.6 Å². The first-order valence-electron chi connectivity index (χ1n) is 8.28. The Morgan fingerprint density at radius 3 is 2.19 bits per heavy atom. The second-order valence-corrected chi connectivity index (χ2v) is 5.74. The van der Waals surface area contributed by atoms with Gasteiger partial charge in [-0.1, -0.05) is 42.2 Å². The number of carbonyl (C=O) groups excluding carboxylic acids is 2. The lowest BCUT2D eigenvalue weighted by Crippen LogP contribution is -2.48. The summed E-state index contributed by atoms with van der Waals surface area (Å²) in [5.41, 5.74) is 2.81. The van der Waals surface area contributed by atoms with E-state index in [0.717, 1.165) is 16.7 Å². The Bertz CT molecular complexity index is 790. The summed E-state index contributed by atoms with van der Waals surface area (Å²) in [7, 11) is 1.48. The first-order chi connectivity index (χ1) is 12.6. The minimum atomic E-state index is -0.700. The molecule has 2 rings (SSSR count). The van der Waals surface area contributed by atoms with Gasteiger partial charge in [0.1, 0.15) is 6.04 Å². The van der Waals surface area contributed by atoms with Crippen LogP contribution in [0.15, 0.2) is 54.6 Å². The maximum Gasteiger partial charge on any atom is 0.245 e. The second-order valence-electron chi connectivity index (χ2n) is 5.74. The quantitative estimate of drug-likeness (QED) is 0.782. The van der Waals surface area contributed by atoms with Crippen molar-refractivity contribution >= 4 is 11.8 Å². The van der Waals surface area contributed by atoms with Gasteiger partial charge in [-0.15, -0.1) is 0 Å². The third-order valence-corrected chi connectivity index (χ3v) is 3.57. The van der Waals surface area contributed by atoms with Gasteiger partial charge in [0.2, 0.25) is 11.8 Å². The third kappa shape index (κ3) is 6.42. The minimum absolute atomic E-state index is 0.124. The van der Waals surface area contributed by atoms with Crippen LogP contribution >= 0.6 is 0 Å². The van der Waals surface area contributed by atoms with Crippen molar-refractivity contribution in [2.75, 3.05) is 13.7 Å². The molecule has 0 aliphatic heterocycles. The standard InChI is InChI=1S/C21H22N2O3/c1-16(24)23-20(15-26-2)21(25)22-14-19-12-10-18(11-13-19)9-8-17-6-4-3-5-7-17/h3-7,10-13,20H,14-15H2,1-2H3,(H,22,25)(H,23,24)/t20-/m1/s1. The van der Waals surface area contributed by atoms with Crippen LogP contribution in [0.25, 0.3) is 0 Å². The molecule has 1 atom stereocenters. The summed E-state index contributed by atoms with van der Waals surface area (Å²) < 4.78 is 4.97. The molecular formula is C21H22N2O3. The van der Waals surface area contributed by atoms with Gasteiger partial charge in [0.15, 0.2) is 0 Å². The van der Waals surface area contributed by atoms with Crippen molar-refractivity contribution in [2.24, 2.45) is 0 Å². The number of carbonyl (C=O) groups is 2. The third-order valence-electron chi connectivity index (χ3n) is 3.57. The first kappa shape index (κ1) is 19.2. The van der Waals surface area contributed by atoms with E-state index in [2.05, 4.69) is 22.5 Å². The van der Waals surface area contributed by atoms with Gasteiger partial charge in [0, 0.05) is 31.7 Å². The normalized spacial score (nSPS) is 11.0. The molecule has 0 saturated carbocycles. The van der Waals surface area contributed by atoms with Crippen LogP contribution in [0.4, 0.5) is 0 Å². The van der Waals surface area contributed by atoms with Crippen molar-refractivity contribution in [2.45, 2.75) is 19.5 Å². The summed E-state index contributed by atoms with van der Waals surface area (Å²) in [6.07, 6.45) is 0. The minimum Gasteiger partial charge on any atom is -0.382 e. The average Bonchev–Trinajstić information content (AvgIpc) is 2.65. The van der Waals surface area contributed by atoms with Crippen LogP contribution in [-0.2, 0) is 20.9 Å². The van der Waals surface area contributed by atoms with E-state index in [1.807, 2.05) is 54.6 Å². The number of ether oxygens (including phenoxy) is 1. The Labute approximate surface area is 153 Å². The largest absolute Gasteiger partial charge is 0.382 e. The molecule has 134 valence electrons. The van der Waals surface area contributed by atoms with Crippen LogP contribution in [0, 0.1) is 11.8 Å². The predicted molar refractivity (Wildman–Crippen MR) is 100 cm³/mol. The molecule has 2 aromatic rings. The zero-order valence-electron chi connectivity index (χ0n) is 14.9. The van der Waals surface area contributed by atoms with Crippen LogP contribution in [0.1, 0.15) is 23.6 Å². The van der Waals surface area contributed by atoms with E-state index in [4.69, 9.17) is 4.74 Å². The summed E-state index contributed by atoms with van der Waals surface area (Å²) in [4.78, 5) is 23.3. The molecule has 0 saturated heterocycles. The van der Waals surface area contributed by atoms with Crippen LogP contribution in [0.3, 0.4) is 0 Å². The number of benzene rings is 2. The molecule has 0 spiro atoms. The van der Waals surface area contributed by atoms with E-state index in [1.54, 1.807) is 0 Å². The molecule has 2 N–H and O–H groups in total. The van der Waals surface area contributed by atoms with Crippen molar-refractivity contribution < 1.29 is 14.3 Å². The molecule has 2 amide bonds. The number of amides is 2. The maximum absolute atomic E-state index is 12.1. The van der Waals surface area contributed by atoms with Gasteiger partial charge < -0.3 is 15.4 Å². The molecule has 0 radical (unpaired) electrons. The molecule has 26 heavy (non-hydrogen) atoms. The van der Waals surface area contributed by atoms with Gasteiger partial charge in [0.25, 0.3) is 0 Å². The SMILES string of the molecule is COC[C@@H](NC(C)=O)C(=O)NCc1ccc(C#Cc2ccccc2)cc1. The highest BCUT2D eigenvalue weighted by atomic mass is 16.5. The Morgan fingerprint density at radius 2 is 1.62 bits per heavy atom. The molecule has 2 aromatic carbocycles. The van der Waals surface area contributed by atoms with Gasteiger partial charge in [-0.05, 0) is 29.8 Å². The van der Waals surface area contributed by atoms with E-state index in [1.165, 1.54) is 14.0 Å². The van der Waals surface area contributed by atoms with Gasteiger partial charge in [-0.25, -0.2) is 0 Å². The Balaban J connectivity index is 1.91. The first-order valence-corrected chi connectivity index (χ1v) is 8.28. The molecule has 0 aromatic heterocycles. The molecule has 0 fully saturated rings. The highest BCUT2D eigenvalue weighted by Gasteiger charge is 2.18. The number of hydrogen-bond donors (Lipinski definition) is 2. The predicted octanol–water partition coefficient (Wildman–Crippen LogP) is 1.85. The van der Waals surface area contributed by atoms with E-state index in [0.29, 0.717) is 6.54 Å². The van der Waals surface area contributed by atoms with Crippen LogP contribution < -0.4 is 10.6 Å². The Hall–Kier alpha value is -3.10. The summed E-state index contributed by atoms with van der Waals surface area (Å²) in [5, 5.41) is 5.36. The van der Waals surface area contributed by atoms with Gasteiger partial charge >= 0.3 is 0 Å². The van der Waals surface area contributed by atoms with E-state index in [9.17, 15) is 9.59 Å². The van der Waals surface area contributed by atoms with Crippen molar-refractivity contribution in [3.63, 3.8) is 0 Å². The number of nitrogens with one attached hydrogen (secondary N) is 2. The molecule has 0 aliphatic carbocycles. The second kappa shape index (κ2) is 10.0. The highest BCUT2D eigenvalue weighted by molar-refractivity contribution is 5.86. The van der Waals surface area contributed by atoms with Gasteiger partial charge in [0.05, 0.1) is 6.61 Å². The fourth-order valence-corrected chi connectivity index (χ4v) is 2.28. The Kier molecular flexibility index (Phi) is 7.41. The number of rotatable bonds is 6. The molecule has 0 unspecified atom stereocenters. The fourth-order valence-electron chi connectivity index (χ4n) is 2.28. The van der Waals surface area contributed by atoms with Crippen molar-refractivity contribution in [1.82, 2.24) is 10.6 Å². The molecule has 0 bridgehead atoms. The zero-order valence-corrected chi connectivity index (χ0v) is 14.9. The molecule has 5 heteroatoms. The van der Waals surface area contributed by atoms with Gasteiger partial charge in [-0.2, -0.15) is 0 Å². The fraction of sp³-hybridized carbons (Fsp3) is 0.238. The Morgan fingerprint density at radius 1 is 1.00 bits per heavy atom. The number of hydrogen-bond acceptors (Lipinski definition) is 3. The lowest BCUT2D eigenvalue weighted by atomic mass is 10.1. The molecular weight excluding hydrogens is 328 g/mol. The lowest BCUT2D eigenvalue weighted by molar-refractivity contribution is -0.129. The molecule has 0 heterocycles. The summed E-state index contributed by atoms with van der Waals surface area (Å²) >= 11 is 0. The topological polar surface area (TPSA) is 67.4 Å². The molecule has 0 aliphatic rings. The maximum atomic E-state index is 12.1. The smallest absolute Gasteiger partial charge is 0.245 e. The van der Waals surface area contributed by atoms with Crippen LogP contribution in [0.2, 0.25) is 0 Å².